The number of carboxylic acid groups (broad SMARTS) is 1. The maximum Gasteiger partial charge on any atom is 0.320 e. The molecule has 5 nitrogen and oxygen atoms in total. The zero-order valence-electron chi connectivity index (χ0n) is 11.2. The Morgan fingerprint density at radius 2 is 2.11 bits per heavy atom. The normalized spacial score (nSPS) is 28.4. The average molecular weight is 256 g/mol. The lowest BCUT2D eigenvalue weighted by Crippen LogP contribution is -2.46. The first-order chi connectivity index (χ1) is 8.72. The third-order valence-corrected chi connectivity index (χ3v) is 4.04. The molecule has 2 fully saturated rings. The third kappa shape index (κ3) is 3.22. The summed E-state index contributed by atoms with van der Waals surface area (Å²) in [5, 5.41) is 9.29. The van der Waals surface area contributed by atoms with E-state index in [1.54, 1.807) is 0 Å². The quantitative estimate of drug-likeness (QED) is 0.782. The summed E-state index contributed by atoms with van der Waals surface area (Å²) < 4.78 is 5.36. The molecule has 5 heteroatoms. The van der Waals surface area contributed by atoms with E-state index in [9.17, 15) is 9.90 Å². The van der Waals surface area contributed by atoms with E-state index in [-0.39, 0.29) is 6.04 Å². The fraction of sp³-hybridized carbons (Fsp3) is 0.923. The predicted molar refractivity (Wildman–Crippen MR) is 68.7 cm³/mol. The van der Waals surface area contributed by atoms with Crippen LogP contribution in [0.4, 0.5) is 0 Å². The van der Waals surface area contributed by atoms with Crippen LogP contribution >= 0.6 is 0 Å². The SMILES string of the molecule is CCCC(C(=O)O)N1CCC(N2CCOCC2)C1. The van der Waals surface area contributed by atoms with Gasteiger partial charge in [0, 0.05) is 32.2 Å². The highest BCUT2D eigenvalue weighted by molar-refractivity contribution is 5.73. The van der Waals surface area contributed by atoms with Crippen molar-refractivity contribution in [3.8, 4) is 0 Å². The fourth-order valence-electron chi connectivity index (χ4n) is 3.03. The van der Waals surface area contributed by atoms with Gasteiger partial charge >= 0.3 is 5.97 Å². The number of aliphatic carboxylic acids is 1. The van der Waals surface area contributed by atoms with E-state index in [0.717, 1.165) is 58.7 Å². The van der Waals surface area contributed by atoms with Crippen molar-refractivity contribution in [2.45, 2.75) is 38.3 Å². The van der Waals surface area contributed by atoms with Crippen LogP contribution in [0.15, 0.2) is 0 Å². The van der Waals surface area contributed by atoms with Crippen LogP contribution in [-0.2, 0) is 9.53 Å². The fourth-order valence-corrected chi connectivity index (χ4v) is 3.03. The van der Waals surface area contributed by atoms with Crippen molar-refractivity contribution < 1.29 is 14.6 Å². The molecule has 0 aromatic rings. The number of likely N-dealkylation sites (tertiary alicyclic amines) is 1. The number of morpholine rings is 1. The van der Waals surface area contributed by atoms with Gasteiger partial charge in [-0.1, -0.05) is 13.3 Å². The zero-order chi connectivity index (χ0) is 13.0. The number of nitrogens with zero attached hydrogens (tertiary/aromatic N) is 2. The highest BCUT2D eigenvalue weighted by Crippen LogP contribution is 2.21. The van der Waals surface area contributed by atoms with Crippen molar-refractivity contribution in [1.29, 1.82) is 0 Å². The summed E-state index contributed by atoms with van der Waals surface area (Å²) in [7, 11) is 0. The van der Waals surface area contributed by atoms with Gasteiger partial charge in [0.2, 0.25) is 0 Å². The van der Waals surface area contributed by atoms with E-state index in [2.05, 4.69) is 9.80 Å². The lowest BCUT2D eigenvalue weighted by molar-refractivity contribution is -0.143. The maximum absolute atomic E-state index is 11.3. The largest absolute Gasteiger partial charge is 0.480 e. The van der Waals surface area contributed by atoms with E-state index in [4.69, 9.17) is 4.74 Å². The number of hydrogen-bond acceptors (Lipinski definition) is 4. The summed E-state index contributed by atoms with van der Waals surface area (Å²) in [5.74, 6) is -0.667. The lowest BCUT2D eigenvalue weighted by Gasteiger charge is -2.32. The van der Waals surface area contributed by atoms with Crippen molar-refractivity contribution in [3.63, 3.8) is 0 Å². The molecule has 2 atom stereocenters. The number of rotatable bonds is 5. The van der Waals surface area contributed by atoms with Crippen LogP contribution in [0.5, 0.6) is 0 Å². The standard InChI is InChI=1S/C13H24N2O3/c1-2-3-12(13(16)17)15-5-4-11(10-15)14-6-8-18-9-7-14/h11-12H,2-10H2,1H3,(H,16,17). The van der Waals surface area contributed by atoms with Gasteiger partial charge in [-0.15, -0.1) is 0 Å². The van der Waals surface area contributed by atoms with Crippen molar-refractivity contribution in [1.82, 2.24) is 9.80 Å². The monoisotopic (exact) mass is 256 g/mol. The molecule has 0 aliphatic carbocycles. The molecule has 2 saturated heterocycles. The molecule has 18 heavy (non-hydrogen) atoms. The first-order valence-corrected chi connectivity index (χ1v) is 7.01. The Hall–Kier alpha value is -0.650. The molecule has 0 aromatic heterocycles. The zero-order valence-corrected chi connectivity index (χ0v) is 11.2. The van der Waals surface area contributed by atoms with Gasteiger partial charge in [-0.2, -0.15) is 0 Å². The van der Waals surface area contributed by atoms with E-state index < -0.39 is 5.97 Å². The third-order valence-electron chi connectivity index (χ3n) is 4.04. The first kappa shape index (κ1) is 13.8. The maximum atomic E-state index is 11.3. The number of hydrogen-bond donors (Lipinski definition) is 1. The summed E-state index contributed by atoms with van der Waals surface area (Å²) in [4.78, 5) is 15.9. The van der Waals surface area contributed by atoms with E-state index in [1.165, 1.54) is 0 Å². The van der Waals surface area contributed by atoms with Crippen molar-refractivity contribution in [2.75, 3.05) is 39.4 Å². The molecule has 1 N–H and O–H groups in total. The molecule has 0 amide bonds. The van der Waals surface area contributed by atoms with Crippen LogP contribution in [0, 0.1) is 0 Å². The highest BCUT2D eigenvalue weighted by atomic mass is 16.5. The minimum atomic E-state index is -0.667. The van der Waals surface area contributed by atoms with Crippen molar-refractivity contribution >= 4 is 5.97 Å². The first-order valence-electron chi connectivity index (χ1n) is 7.01. The van der Waals surface area contributed by atoms with Crippen molar-refractivity contribution in [3.05, 3.63) is 0 Å². The Balaban J connectivity index is 1.87. The second-order valence-corrected chi connectivity index (χ2v) is 5.23. The van der Waals surface area contributed by atoms with E-state index in [1.807, 2.05) is 6.92 Å². The van der Waals surface area contributed by atoms with Crippen LogP contribution in [-0.4, -0.2) is 72.4 Å². The van der Waals surface area contributed by atoms with Crippen LogP contribution in [0.3, 0.4) is 0 Å². The van der Waals surface area contributed by atoms with Gasteiger partial charge in [0.25, 0.3) is 0 Å². The smallest absolute Gasteiger partial charge is 0.320 e. The summed E-state index contributed by atoms with van der Waals surface area (Å²) >= 11 is 0. The van der Waals surface area contributed by atoms with Crippen LogP contribution in [0.25, 0.3) is 0 Å². The van der Waals surface area contributed by atoms with Crippen LogP contribution in [0.2, 0.25) is 0 Å². The lowest BCUT2D eigenvalue weighted by atomic mass is 10.1. The second-order valence-electron chi connectivity index (χ2n) is 5.23. The molecule has 2 rings (SSSR count). The summed E-state index contributed by atoms with van der Waals surface area (Å²) in [5.41, 5.74) is 0. The Kier molecular flexibility index (Phi) is 4.97. The summed E-state index contributed by atoms with van der Waals surface area (Å²) in [6, 6.07) is 0.230. The Labute approximate surface area is 109 Å². The van der Waals surface area contributed by atoms with Crippen LogP contribution < -0.4 is 0 Å². The van der Waals surface area contributed by atoms with Gasteiger partial charge in [0.1, 0.15) is 6.04 Å². The molecule has 2 aliphatic heterocycles. The molecule has 2 aliphatic rings. The van der Waals surface area contributed by atoms with Gasteiger partial charge in [0.05, 0.1) is 13.2 Å². The summed E-state index contributed by atoms with van der Waals surface area (Å²) in [6.07, 6.45) is 2.77. The van der Waals surface area contributed by atoms with Crippen LogP contribution in [0.1, 0.15) is 26.2 Å². The number of carboxylic acids is 1. The highest BCUT2D eigenvalue weighted by Gasteiger charge is 2.34. The molecule has 2 unspecified atom stereocenters. The Morgan fingerprint density at radius 1 is 1.39 bits per heavy atom. The minimum absolute atomic E-state index is 0.291. The predicted octanol–water partition coefficient (Wildman–Crippen LogP) is 0.646. The van der Waals surface area contributed by atoms with E-state index >= 15 is 0 Å². The molecular formula is C13H24N2O3. The molecule has 0 spiro atoms. The van der Waals surface area contributed by atoms with Gasteiger partial charge in [-0.05, 0) is 12.8 Å². The minimum Gasteiger partial charge on any atom is -0.480 e. The number of carbonyl (C=O) groups is 1. The Morgan fingerprint density at radius 3 is 2.72 bits per heavy atom. The number of ether oxygens (including phenoxy) is 1. The van der Waals surface area contributed by atoms with Gasteiger partial charge in [-0.25, -0.2) is 0 Å². The average Bonchev–Trinajstić information content (AvgIpc) is 2.86. The molecule has 0 aromatic carbocycles. The molecular weight excluding hydrogens is 232 g/mol. The van der Waals surface area contributed by atoms with E-state index in [0.29, 0.717) is 6.04 Å². The topological polar surface area (TPSA) is 53.0 Å². The van der Waals surface area contributed by atoms with Gasteiger partial charge < -0.3 is 9.84 Å². The van der Waals surface area contributed by atoms with Gasteiger partial charge in [-0.3, -0.25) is 14.6 Å². The van der Waals surface area contributed by atoms with Gasteiger partial charge in [0.15, 0.2) is 0 Å². The summed E-state index contributed by atoms with van der Waals surface area (Å²) in [6.45, 7) is 7.47. The Bertz CT molecular complexity index is 279. The molecule has 104 valence electrons. The molecule has 0 saturated carbocycles. The molecule has 0 radical (unpaired) electrons. The van der Waals surface area contributed by atoms with Crippen molar-refractivity contribution in [2.24, 2.45) is 0 Å². The second kappa shape index (κ2) is 6.50. The molecule has 2 heterocycles. The molecule has 0 bridgehead atoms.